The summed E-state index contributed by atoms with van der Waals surface area (Å²) in [7, 11) is 3.89. The van der Waals surface area contributed by atoms with Crippen LogP contribution in [0.25, 0.3) is 0 Å². The summed E-state index contributed by atoms with van der Waals surface area (Å²) in [5.41, 5.74) is 0. The molecule has 0 saturated carbocycles. The molecule has 4 nitrogen and oxygen atoms in total. The lowest BCUT2D eigenvalue weighted by atomic mass is 10.4. The lowest BCUT2D eigenvalue weighted by molar-refractivity contribution is -0.144. The third kappa shape index (κ3) is 2.48. The maximum atomic E-state index is 11.1. The Balaban J connectivity index is 2.36. The molecule has 0 spiro atoms. The quantitative estimate of drug-likeness (QED) is 0.536. The van der Waals surface area contributed by atoms with Crippen molar-refractivity contribution in [3.8, 4) is 0 Å². The summed E-state index contributed by atoms with van der Waals surface area (Å²) in [6, 6.07) is 0. The molecule has 11 heavy (non-hydrogen) atoms. The van der Waals surface area contributed by atoms with Gasteiger partial charge in [0, 0.05) is 6.54 Å². The number of morpholine rings is 1. The number of ether oxygens (including phenoxy) is 1. The Morgan fingerprint density at radius 1 is 1.64 bits per heavy atom. The van der Waals surface area contributed by atoms with E-state index in [2.05, 4.69) is 0 Å². The van der Waals surface area contributed by atoms with Gasteiger partial charge in [0.25, 0.3) is 0 Å². The summed E-state index contributed by atoms with van der Waals surface area (Å²) in [4.78, 5) is 14.9. The minimum absolute atomic E-state index is 0.0879. The fraction of sp³-hybridized carbons (Fsp3) is 0.857. The van der Waals surface area contributed by atoms with Gasteiger partial charge in [-0.25, -0.2) is 0 Å². The van der Waals surface area contributed by atoms with Crippen LogP contribution in [-0.4, -0.2) is 56.2 Å². The molecule has 64 valence electrons. The Labute approximate surface area is 66.7 Å². The Kier molecular flexibility index (Phi) is 2.84. The second kappa shape index (κ2) is 3.69. The van der Waals surface area contributed by atoms with Gasteiger partial charge in [0.05, 0.1) is 13.3 Å². The normalized spacial score (nSPS) is 19.5. The van der Waals surface area contributed by atoms with E-state index in [4.69, 9.17) is 4.74 Å². The minimum atomic E-state index is 0.0879. The van der Waals surface area contributed by atoms with Crippen LogP contribution >= 0.6 is 0 Å². The smallest absolute Gasteiger partial charge is 0.249 e. The van der Waals surface area contributed by atoms with E-state index >= 15 is 0 Å². The van der Waals surface area contributed by atoms with Crippen molar-refractivity contribution >= 4 is 5.91 Å². The van der Waals surface area contributed by atoms with Crippen molar-refractivity contribution < 1.29 is 9.53 Å². The largest absolute Gasteiger partial charge is 0.370 e. The first-order chi connectivity index (χ1) is 5.20. The molecule has 4 heteroatoms. The molecule has 1 rings (SSSR count). The van der Waals surface area contributed by atoms with Crippen LogP contribution in [0.4, 0.5) is 0 Å². The number of carbonyl (C=O) groups excluding carboxylic acids is 1. The predicted octanol–water partition coefficient (Wildman–Crippen LogP) is -0.636. The SMILES string of the molecule is CN(C)CN1CCOCC1=O. The Hall–Kier alpha value is -0.610. The Bertz CT molecular complexity index is 147. The van der Waals surface area contributed by atoms with Crippen LogP contribution in [0.3, 0.4) is 0 Å². The molecule has 0 aromatic rings. The average Bonchev–Trinajstić information content (AvgIpc) is 1.93. The zero-order chi connectivity index (χ0) is 8.27. The molecule has 0 aromatic carbocycles. The first-order valence-electron chi connectivity index (χ1n) is 3.70. The lowest BCUT2D eigenvalue weighted by Crippen LogP contribution is -2.45. The van der Waals surface area contributed by atoms with E-state index in [1.807, 2.05) is 19.0 Å². The van der Waals surface area contributed by atoms with E-state index in [9.17, 15) is 4.79 Å². The molecule has 0 atom stereocenters. The van der Waals surface area contributed by atoms with Gasteiger partial charge in [0.1, 0.15) is 6.61 Å². The number of rotatable bonds is 2. The van der Waals surface area contributed by atoms with E-state index in [-0.39, 0.29) is 12.5 Å². The molecular formula is C7H14N2O2. The van der Waals surface area contributed by atoms with Crippen molar-refractivity contribution in [1.82, 2.24) is 9.80 Å². The molecule has 1 amide bonds. The van der Waals surface area contributed by atoms with Gasteiger partial charge in [-0.1, -0.05) is 0 Å². The molecular weight excluding hydrogens is 144 g/mol. The highest BCUT2D eigenvalue weighted by molar-refractivity contribution is 5.77. The molecule has 0 N–H and O–H groups in total. The minimum Gasteiger partial charge on any atom is -0.370 e. The highest BCUT2D eigenvalue weighted by atomic mass is 16.5. The molecule has 0 unspecified atom stereocenters. The molecule has 1 aliphatic rings. The van der Waals surface area contributed by atoms with Gasteiger partial charge in [-0.05, 0) is 14.1 Å². The van der Waals surface area contributed by atoms with Crippen molar-refractivity contribution in [2.75, 3.05) is 40.5 Å². The molecule has 1 aliphatic heterocycles. The summed E-state index contributed by atoms with van der Waals surface area (Å²) in [6.45, 7) is 2.33. The monoisotopic (exact) mass is 158 g/mol. The molecule has 0 aliphatic carbocycles. The first kappa shape index (κ1) is 8.49. The molecule has 0 bridgehead atoms. The number of nitrogens with zero attached hydrogens (tertiary/aromatic N) is 2. The summed E-state index contributed by atoms with van der Waals surface area (Å²) < 4.78 is 4.98. The number of hydrogen-bond donors (Lipinski definition) is 0. The Morgan fingerprint density at radius 2 is 2.36 bits per heavy atom. The maximum absolute atomic E-state index is 11.1. The van der Waals surface area contributed by atoms with Crippen molar-refractivity contribution in [1.29, 1.82) is 0 Å². The van der Waals surface area contributed by atoms with Gasteiger partial charge in [-0.2, -0.15) is 0 Å². The third-order valence-corrected chi connectivity index (χ3v) is 1.54. The van der Waals surface area contributed by atoms with E-state index < -0.39 is 0 Å². The second-order valence-electron chi connectivity index (χ2n) is 2.93. The van der Waals surface area contributed by atoms with Gasteiger partial charge < -0.3 is 9.64 Å². The van der Waals surface area contributed by atoms with Crippen LogP contribution in [0.15, 0.2) is 0 Å². The predicted molar refractivity (Wildman–Crippen MR) is 41.1 cm³/mol. The van der Waals surface area contributed by atoms with Crippen molar-refractivity contribution in [2.45, 2.75) is 0 Å². The number of carbonyl (C=O) groups is 1. The average molecular weight is 158 g/mol. The van der Waals surface area contributed by atoms with Gasteiger partial charge in [-0.15, -0.1) is 0 Å². The number of hydrogen-bond acceptors (Lipinski definition) is 3. The van der Waals surface area contributed by atoms with E-state index in [0.717, 1.165) is 6.54 Å². The van der Waals surface area contributed by atoms with Crippen molar-refractivity contribution in [3.63, 3.8) is 0 Å². The summed E-state index contributed by atoms with van der Waals surface area (Å²) in [5.74, 6) is 0.0879. The zero-order valence-corrected chi connectivity index (χ0v) is 7.04. The highest BCUT2D eigenvalue weighted by Crippen LogP contribution is 1.98. The molecule has 0 aromatic heterocycles. The van der Waals surface area contributed by atoms with Crippen molar-refractivity contribution in [2.24, 2.45) is 0 Å². The maximum Gasteiger partial charge on any atom is 0.249 e. The van der Waals surface area contributed by atoms with Crippen LogP contribution in [0.1, 0.15) is 0 Å². The van der Waals surface area contributed by atoms with Crippen LogP contribution < -0.4 is 0 Å². The van der Waals surface area contributed by atoms with Gasteiger partial charge in [-0.3, -0.25) is 9.69 Å². The van der Waals surface area contributed by atoms with E-state index in [1.165, 1.54) is 0 Å². The van der Waals surface area contributed by atoms with Crippen LogP contribution in [0, 0.1) is 0 Å². The van der Waals surface area contributed by atoms with Crippen LogP contribution in [0.2, 0.25) is 0 Å². The molecule has 1 fully saturated rings. The van der Waals surface area contributed by atoms with E-state index in [0.29, 0.717) is 13.3 Å². The topological polar surface area (TPSA) is 32.8 Å². The molecule has 1 heterocycles. The summed E-state index contributed by atoms with van der Waals surface area (Å²) in [6.07, 6.45) is 0. The fourth-order valence-corrected chi connectivity index (χ4v) is 1.04. The number of amides is 1. The van der Waals surface area contributed by atoms with Gasteiger partial charge in [0.2, 0.25) is 5.91 Å². The first-order valence-corrected chi connectivity index (χ1v) is 3.70. The lowest BCUT2D eigenvalue weighted by Gasteiger charge is -2.29. The Morgan fingerprint density at radius 3 is 2.91 bits per heavy atom. The van der Waals surface area contributed by atoms with E-state index in [1.54, 1.807) is 4.90 Å². The van der Waals surface area contributed by atoms with Gasteiger partial charge in [0.15, 0.2) is 0 Å². The fourth-order valence-electron chi connectivity index (χ4n) is 1.04. The van der Waals surface area contributed by atoms with Crippen LogP contribution in [-0.2, 0) is 9.53 Å². The zero-order valence-electron chi connectivity index (χ0n) is 7.04. The molecule has 1 saturated heterocycles. The third-order valence-electron chi connectivity index (χ3n) is 1.54. The second-order valence-corrected chi connectivity index (χ2v) is 2.93. The standard InChI is InChI=1S/C7H14N2O2/c1-8(2)6-9-3-4-11-5-7(9)10/h3-6H2,1-2H3. The van der Waals surface area contributed by atoms with Crippen LogP contribution in [0.5, 0.6) is 0 Å². The van der Waals surface area contributed by atoms with Crippen molar-refractivity contribution in [3.05, 3.63) is 0 Å². The molecule has 0 radical (unpaired) electrons. The van der Waals surface area contributed by atoms with Gasteiger partial charge >= 0.3 is 0 Å². The highest BCUT2D eigenvalue weighted by Gasteiger charge is 2.17. The summed E-state index contributed by atoms with van der Waals surface area (Å²) in [5, 5.41) is 0. The summed E-state index contributed by atoms with van der Waals surface area (Å²) >= 11 is 0.